The highest BCUT2D eigenvalue weighted by molar-refractivity contribution is 5.98. The molecule has 2 N–H and O–H groups in total. The van der Waals surface area contributed by atoms with Gasteiger partial charge in [-0.25, -0.2) is 14.6 Å². The summed E-state index contributed by atoms with van der Waals surface area (Å²) in [4.78, 5) is 25.4. The number of rotatable bonds is 9. The van der Waals surface area contributed by atoms with Crippen LogP contribution in [0.2, 0.25) is 0 Å². The van der Waals surface area contributed by atoms with Crippen LogP contribution >= 0.6 is 0 Å². The topological polar surface area (TPSA) is 112 Å². The molecule has 3 aromatic rings. The lowest BCUT2D eigenvalue weighted by Crippen LogP contribution is -2.40. The second-order valence-electron chi connectivity index (χ2n) is 8.86. The number of nitrogens with zero attached hydrogens (tertiary/aromatic N) is 6. The molecule has 1 saturated heterocycles. The van der Waals surface area contributed by atoms with Crippen LogP contribution in [-0.2, 0) is 9.53 Å². The molecular formula is C25H33N7O3. The third-order valence-electron chi connectivity index (χ3n) is 5.99. The molecule has 1 amide bonds. The summed E-state index contributed by atoms with van der Waals surface area (Å²) in [7, 11) is 5.59. The van der Waals surface area contributed by atoms with Crippen LogP contribution in [-0.4, -0.2) is 89.5 Å². The average Bonchev–Trinajstić information content (AvgIpc) is 3.25. The van der Waals surface area contributed by atoms with Gasteiger partial charge in [-0.1, -0.05) is 6.08 Å². The normalized spacial score (nSPS) is 16.5. The average molecular weight is 480 g/mol. The number of methoxy groups -OCH3 is 1. The number of piperidine rings is 1. The van der Waals surface area contributed by atoms with E-state index in [4.69, 9.17) is 20.3 Å². The lowest BCUT2D eigenvalue weighted by molar-refractivity contribution is -0.127. The molecule has 2 aromatic heterocycles. The van der Waals surface area contributed by atoms with Gasteiger partial charge in [0, 0.05) is 38.4 Å². The molecule has 1 aromatic carbocycles. The molecule has 3 heterocycles. The number of hydrogen-bond donors (Lipinski definition) is 1. The van der Waals surface area contributed by atoms with Gasteiger partial charge in [0.2, 0.25) is 5.91 Å². The van der Waals surface area contributed by atoms with E-state index in [-0.39, 0.29) is 11.9 Å². The Hall–Kier alpha value is -3.50. The number of carbonyl (C=O) groups is 1. The molecule has 0 aliphatic carbocycles. The Morgan fingerprint density at radius 1 is 1.23 bits per heavy atom. The van der Waals surface area contributed by atoms with Crippen molar-refractivity contribution in [1.82, 2.24) is 29.5 Å². The van der Waals surface area contributed by atoms with E-state index >= 15 is 0 Å². The van der Waals surface area contributed by atoms with Crippen molar-refractivity contribution in [1.29, 1.82) is 0 Å². The summed E-state index contributed by atoms with van der Waals surface area (Å²) in [5.74, 6) is 1.15. The SMILES string of the molecule is COCCOc1ccc(-c2nn(C3CCCN(C(=O)C=CCN(C)C)C3)c3ncnc(N)c23)cc1. The largest absolute Gasteiger partial charge is 0.491 e. The minimum Gasteiger partial charge on any atom is -0.491 e. The van der Waals surface area contributed by atoms with Crippen molar-refractivity contribution in [3.63, 3.8) is 0 Å². The minimum absolute atomic E-state index is 0.00264. The molecule has 4 rings (SSSR count). The predicted molar refractivity (Wildman–Crippen MR) is 135 cm³/mol. The Labute approximate surface area is 205 Å². The summed E-state index contributed by atoms with van der Waals surface area (Å²) in [6.45, 7) is 3.03. The lowest BCUT2D eigenvalue weighted by atomic mass is 10.1. The van der Waals surface area contributed by atoms with Crippen LogP contribution in [0.25, 0.3) is 22.3 Å². The number of likely N-dealkylation sites (N-methyl/N-ethyl adjacent to an activating group) is 1. The summed E-state index contributed by atoms with van der Waals surface area (Å²) in [5.41, 5.74) is 8.57. The van der Waals surface area contributed by atoms with Crippen LogP contribution in [0, 0.1) is 0 Å². The fraction of sp³-hybridized carbons (Fsp3) is 0.440. The molecule has 10 heteroatoms. The zero-order valence-corrected chi connectivity index (χ0v) is 20.6. The quantitative estimate of drug-likeness (QED) is 0.368. The molecule has 186 valence electrons. The molecule has 35 heavy (non-hydrogen) atoms. The van der Waals surface area contributed by atoms with Crippen molar-refractivity contribution >= 4 is 22.8 Å². The molecule has 1 fully saturated rings. The first kappa shape index (κ1) is 24.6. The van der Waals surface area contributed by atoms with Crippen molar-refractivity contribution in [2.24, 2.45) is 0 Å². The third kappa shape index (κ3) is 5.77. The van der Waals surface area contributed by atoms with Crippen LogP contribution in [0.5, 0.6) is 5.75 Å². The van der Waals surface area contributed by atoms with Gasteiger partial charge < -0.3 is 25.0 Å². The van der Waals surface area contributed by atoms with Gasteiger partial charge >= 0.3 is 0 Å². The van der Waals surface area contributed by atoms with Crippen molar-refractivity contribution in [3.8, 4) is 17.0 Å². The van der Waals surface area contributed by atoms with Gasteiger partial charge in [0.25, 0.3) is 0 Å². The number of fused-ring (bicyclic) bond motifs is 1. The zero-order chi connectivity index (χ0) is 24.8. The summed E-state index contributed by atoms with van der Waals surface area (Å²) in [6, 6.07) is 7.70. The van der Waals surface area contributed by atoms with E-state index in [0.29, 0.717) is 31.2 Å². The number of anilines is 1. The maximum atomic E-state index is 12.8. The van der Waals surface area contributed by atoms with Crippen LogP contribution < -0.4 is 10.5 Å². The number of benzene rings is 1. The Bertz CT molecular complexity index is 1170. The van der Waals surface area contributed by atoms with E-state index < -0.39 is 0 Å². The van der Waals surface area contributed by atoms with E-state index in [9.17, 15) is 4.79 Å². The number of carbonyl (C=O) groups excluding carboxylic acids is 1. The molecule has 10 nitrogen and oxygen atoms in total. The van der Waals surface area contributed by atoms with Gasteiger partial charge in [-0.2, -0.15) is 5.10 Å². The monoisotopic (exact) mass is 479 g/mol. The molecule has 1 aliphatic rings. The standard InChI is InChI=1S/C25H33N7O3/c1-30(2)12-5-7-21(33)31-13-4-6-19(16-31)32-25-22(24(26)27-17-28-25)23(29-32)18-8-10-20(11-9-18)35-15-14-34-3/h5,7-11,17,19H,4,6,12-16H2,1-3H3,(H2,26,27,28). The van der Waals surface area contributed by atoms with Crippen LogP contribution in [0.15, 0.2) is 42.7 Å². The Morgan fingerprint density at radius 2 is 2.03 bits per heavy atom. The number of aromatic nitrogens is 4. The Morgan fingerprint density at radius 3 is 2.77 bits per heavy atom. The highest BCUT2D eigenvalue weighted by atomic mass is 16.5. The number of hydrogen-bond acceptors (Lipinski definition) is 8. The maximum Gasteiger partial charge on any atom is 0.246 e. The van der Waals surface area contributed by atoms with Gasteiger partial charge in [-0.15, -0.1) is 0 Å². The highest BCUT2D eigenvalue weighted by Crippen LogP contribution is 2.34. The number of ether oxygens (including phenoxy) is 2. The first-order chi connectivity index (χ1) is 17.0. The zero-order valence-electron chi connectivity index (χ0n) is 20.6. The Kier molecular flexibility index (Phi) is 7.94. The van der Waals surface area contributed by atoms with E-state index in [1.807, 2.05) is 58.9 Å². The summed E-state index contributed by atoms with van der Waals surface area (Å²) < 4.78 is 12.6. The highest BCUT2D eigenvalue weighted by Gasteiger charge is 2.28. The van der Waals surface area contributed by atoms with E-state index in [2.05, 4.69) is 9.97 Å². The predicted octanol–water partition coefficient (Wildman–Crippen LogP) is 2.38. The third-order valence-corrected chi connectivity index (χ3v) is 5.99. The second kappa shape index (κ2) is 11.3. The van der Waals surface area contributed by atoms with E-state index in [1.165, 1.54) is 6.33 Å². The first-order valence-electron chi connectivity index (χ1n) is 11.8. The van der Waals surface area contributed by atoms with Crippen LogP contribution in [0.4, 0.5) is 5.82 Å². The lowest BCUT2D eigenvalue weighted by Gasteiger charge is -2.32. The van der Waals surface area contributed by atoms with Crippen molar-refractivity contribution in [2.45, 2.75) is 18.9 Å². The minimum atomic E-state index is -0.00264. The van der Waals surface area contributed by atoms with Crippen molar-refractivity contribution in [3.05, 3.63) is 42.7 Å². The molecular weight excluding hydrogens is 446 g/mol. The molecule has 0 saturated carbocycles. The fourth-order valence-corrected chi connectivity index (χ4v) is 4.23. The summed E-state index contributed by atoms with van der Waals surface area (Å²) in [5, 5.41) is 5.66. The van der Waals surface area contributed by atoms with Gasteiger partial charge in [0.1, 0.15) is 30.2 Å². The smallest absolute Gasteiger partial charge is 0.246 e. The summed E-state index contributed by atoms with van der Waals surface area (Å²) in [6.07, 6.45) is 6.80. The molecule has 1 aliphatic heterocycles. The molecule has 0 radical (unpaired) electrons. The maximum absolute atomic E-state index is 12.8. The number of nitrogens with two attached hydrogens (primary N) is 1. The van der Waals surface area contributed by atoms with Gasteiger partial charge in [0.05, 0.1) is 18.0 Å². The van der Waals surface area contributed by atoms with Gasteiger partial charge in [-0.05, 0) is 51.2 Å². The molecule has 1 unspecified atom stereocenters. The molecule has 1 atom stereocenters. The molecule has 0 bridgehead atoms. The van der Waals surface area contributed by atoms with Gasteiger partial charge in [0.15, 0.2) is 5.65 Å². The van der Waals surface area contributed by atoms with Crippen LogP contribution in [0.1, 0.15) is 18.9 Å². The number of nitrogen functional groups attached to an aromatic ring is 1. The second-order valence-corrected chi connectivity index (χ2v) is 8.86. The number of likely N-dealkylation sites (tertiary alicyclic amines) is 1. The summed E-state index contributed by atoms with van der Waals surface area (Å²) >= 11 is 0. The molecule has 0 spiro atoms. The Balaban J connectivity index is 1.60. The van der Waals surface area contributed by atoms with Gasteiger partial charge in [-0.3, -0.25) is 4.79 Å². The number of amides is 1. The van der Waals surface area contributed by atoms with E-state index in [0.717, 1.165) is 48.3 Å². The first-order valence-corrected chi connectivity index (χ1v) is 11.8. The van der Waals surface area contributed by atoms with E-state index in [1.54, 1.807) is 13.2 Å². The van der Waals surface area contributed by atoms with Crippen molar-refractivity contribution in [2.75, 3.05) is 59.8 Å². The van der Waals surface area contributed by atoms with Crippen molar-refractivity contribution < 1.29 is 14.3 Å². The van der Waals surface area contributed by atoms with Crippen LogP contribution in [0.3, 0.4) is 0 Å². The fourth-order valence-electron chi connectivity index (χ4n) is 4.23.